The van der Waals surface area contributed by atoms with E-state index in [-0.39, 0.29) is 17.1 Å². The number of carbonyl (C=O) groups excluding carboxylic acids is 1. The van der Waals surface area contributed by atoms with Gasteiger partial charge in [-0.2, -0.15) is 0 Å². The summed E-state index contributed by atoms with van der Waals surface area (Å²) in [5.41, 5.74) is 2.18. The molecule has 1 unspecified atom stereocenters. The van der Waals surface area contributed by atoms with Crippen molar-refractivity contribution in [1.29, 1.82) is 0 Å². The van der Waals surface area contributed by atoms with E-state index in [1.807, 2.05) is 31.2 Å². The minimum Gasteiger partial charge on any atom is -0.379 e. The van der Waals surface area contributed by atoms with Gasteiger partial charge in [0.05, 0.1) is 16.4 Å². The normalized spacial score (nSPS) is 16.7. The van der Waals surface area contributed by atoms with Crippen molar-refractivity contribution in [3.63, 3.8) is 0 Å². The number of urea groups is 1. The number of hydrogen-bond acceptors (Lipinski definition) is 2. The maximum atomic E-state index is 13.2. The first-order valence-corrected chi connectivity index (χ1v) is 7.31. The summed E-state index contributed by atoms with van der Waals surface area (Å²) in [5.74, 6) is -0.513. The van der Waals surface area contributed by atoms with Gasteiger partial charge in [-0.3, -0.25) is 4.90 Å². The second-order valence-electron chi connectivity index (χ2n) is 5.23. The maximum Gasteiger partial charge on any atom is 0.326 e. The number of anilines is 3. The van der Waals surface area contributed by atoms with Crippen molar-refractivity contribution < 1.29 is 9.18 Å². The molecule has 1 aliphatic rings. The number of carbonyl (C=O) groups is 1. The molecule has 2 amide bonds. The van der Waals surface area contributed by atoms with Crippen LogP contribution in [-0.2, 0) is 0 Å². The Labute approximate surface area is 132 Å². The fraction of sp³-hybridized carbons (Fsp3) is 0.188. The molecule has 0 saturated heterocycles. The molecule has 0 aromatic heterocycles. The summed E-state index contributed by atoms with van der Waals surface area (Å²) in [6.45, 7) is 2.54. The van der Waals surface area contributed by atoms with E-state index in [9.17, 15) is 9.18 Å². The van der Waals surface area contributed by atoms with Gasteiger partial charge in [0, 0.05) is 18.3 Å². The number of nitrogens with one attached hydrogen (secondary N) is 2. The summed E-state index contributed by atoms with van der Waals surface area (Å²) in [6, 6.07) is 11.6. The van der Waals surface area contributed by atoms with E-state index in [1.54, 1.807) is 4.90 Å². The first kappa shape index (κ1) is 14.7. The Morgan fingerprint density at radius 2 is 2.14 bits per heavy atom. The van der Waals surface area contributed by atoms with Gasteiger partial charge in [0.25, 0.3) is 0 Å². The third-order valence-corrected chi connectivity index (χ3v) is 3.76. The molecular weight excluding hydrogens is 305 g/mol. The molecule has 0 saturated carbocycles. The molecule has 0 fully saturated rings. The fourth-order valence-electron chi connectivity index (χ4n) is 2.47. The lowest BCUT2D eigenvalue weighted by atomic mass is 10.1. The van der Waals surface area contributed by atoms with Gasteiger partial charge in [-0.1, -0.05) is 23.7 Å². The van der Waals surface area contributed by atoms with E-state index in [2.05, 4.69) is 10.6 Å². The van der Waals surface area contributed by atoms with Gasteiger partial charge in [-0.25, -0.2) is 9.18 Å². The van der Waals surface area contributed by atoms with Crippen LogP contribution in [0.1, 0.15) is 6.92 Å². The number of fused-ring (bicyclic) bond motifs is 1. The monoisotopic (exact) mass is 319 g/mol. The smallest absolute Gasteiger partial charge is 0.326 e. The van der Waals surface area contributed by atoms with Crippen molar-refractivity contribution in [3.8, 4) is 0 Å². The highest BCUT2D eigenvalue weighted by molar-refractivity contribution is 6.31. The molecule has 2 aromatic carbocycles. The van der Waals surface area contributed by atoms with Crippen LogP contribution in [0.15, 0.2) is 42.5 Å². The number of nitrogens with zero attached hydrogens (tertiary/aromatic N) is 1. The zero-order valence-electron chi connectivity index (χ0n) is 11.9. The Morgan fingerprint density at radius 1 is 1.36 bits per heavy atom. The molecule has 2 aromatic rings. The Bertz CT molecular complexity index is 722. The molecule has 4 nitrogen and oxygen atoms in total. The Morgan fingerprint density at radius 3 is 2.91 bits per heavy atom. The van der Waals surface area contributed by atoms with Crippen molar-refractivity contribution in [2.24, 2.45) is 0 Å². The molecule has 0 radical (unpaired) electrons. The van der Waals surface area contributed by atoms with Crippen LogP contribution in [0.4, 0.5) is 26.2 Å². The largest absolute Gasteiger partial charge is 0.379 e. The van der Waals surface area contributed by atoms with Crippen molar-refractivity contribution in [1.82, 2.24) is 0 Å². The zero-order chi connectivity index (χ0) is 15.7. The number of amides is 2. The summed E-state index contributed by atoms with van der Waals surface area (Å²) in [6.07, 6.45) is 0. The molecule has 0 bridgehead atoms. The number of hydrogen-bond donors (Lipinski definition) is 2. The van der Waals surface area contributed by atoms with Gasteiger partial charge in [-0.05, 0) is 37.3 Å². The molecule has 114 valence electrons. The molecule has 22 heavy (non-hydrogen) atoms. The molecule has 6 heteroatoms. The lowest BCUT2D eigenvalue weighted by molar-refractivity contribution is 0.256. The zero-order valence-corrected chi connectivity index (χ0v) is 12.7. The van der Waals surface area contributed by atoms with Crippen molar-refractivity contribution >= 4 is 34.7 Å². The molecule has 1 atom stereocenters. The highest BCUT2D eigenvalue weighted by Crippen LogP contribution is 2.31. The number of rotatable bonds is 1. The summed E-state index contributed by atoms with van der Waals surface area (Å²) in [7, 11) is 0. The minimum atomic E-state index is -0.513. The Kier molecular flexibility index (Phi) is 3.90. The van der Waals surface area contributed by atoms with Gasteiger partial charge >= 0.3 is 6.03 Å². The summed E-state index contributed by atoms with van der Waals surface area (Å²) >= 11 is 5.74. The molecule has 3 rings (SSSR count). The molecule has 0 spiro atoms. The van der Waals surface area contributed by atoms with Gasteiger partial charge < -0.3 is 10.6 Å². The highest BCUT2D eigenvalue weighted by atomic mass is 35.5. The van der Waals surface area contributed by atoms with E-state index in [0.717, 1.165) is 11.4 Å². The van der Waals surface area contributed by atoms with Crippen LogP contribution in [-0.4, -0.2) is 18.6 Å². The Hall–Kier alpha value is -2.27. The van der Waals surface area contributed by atoms with Crippen LogP contribution in [0.25, 0.3) is 0 Å². The van der Waals surface area contributed by atoms with Gasteiger partial charge in [0.15, 0.2) is 0 Å². The minimum absolute atomic E-state index is 0.0214. The second kappa shape index (κ2) is 5.85. The topological polar surface area (TPSA) is 44.4 Å². The predicted molar refractivity (Wildman–Crippen MR) is 87.3 cm³/mol. The maximum absolute atomic E-state index is 13.2. The average Bonchev–Trinajstić information content (AvgIpc) is 2.50. The van der Waals surface area contributed by atoms with Crippen LogP contribution in [0.2, 0.25) is 5.02 Å². The van der Waals surface area contributed by atoms with E-state index < -0.39 is 5.82 Å². The summed E-state index contributed by atoms with van der Waals surface area (Å²) < 4.78 is 13.2. The molecule has 1 aliphatic heterocycles. The number of para-hydroxylation sites is 2. The van der Waals surface area contributed by atoms with E-state index >= 15 is 0 Å². The quantitative estimate of drug-likeness (QED) is 0.821. The highest BCUT2D eigenvalue weighted by Gasteiger charge is 2.25. The average molecular weight is 320 g/mol. The van der Waals surface area contributed by atoms with Crippen molar-refractivity contribution in [2.45, 2.75) is 13.0 Å². The second-order valence-corrected chi connectivity index (χ2v) is 5.64. The van der Waals surface area contributed by atoms with Crippen LogP contribution in [0.3, 0.4) is 0 Å². The third kappa shape index (κ3) is 2.85. The van der Waals surface area contributed by atoms with E-state index in [4.69, 9.17) is 11.6 Å². The molecule has 2 N–H and O–H groups in total. The first-order chi connectivity index (χ1) is 10.5. The standard InChI is InChI=1S/C16H15ClFN3O/c1-10-9-21(15-5-3-2-4-14(15)19-10)16(22)20-11-6-7-13(18)12(17)8-11/h2-8,10,19H,9H2,1H3,(H,20,22). The lowest BCUT2D eigenvalue weighted by Crippen LogP contribution is -2.45. The third-order valence-electron chi connectivity index (χ3n) is 3.47. The first-order valence-electron chi connectivity index (χ1n) is 6.94. The molecule has 0 aliphatic carbocycles. The Balaban J connectivity index is 1.84. The van der Waals surface area contributed by atoms with E-state index in [0.29, 0.717) is 12.2 Å². The predicted octanol–water partition coefficient (Wildman–Crippen LogP) is 4.33. The molecular formula is C16H15ClFN3O. The van der Waals surface area contributed by atoms with Gasteiger partial charge in [0.1, 0.15) is 5.82 Å². The lowest BCUT2D eigenvalue weighted by Gasteiger charge is -2.34. The van der Waals surface area contributed by atoms with Crippen molar-refractivity contribution in [3.05, 3.63) is 53.3 Å². The summed E-state index contributed by atoms with van der Waals surface area (Å²) in [5, 5.41) is 6.06. The van der Waals surface area contributed by atoms with Gasteiger partial charge in [-0.15, -0.1) is 0 Å². The number of benzene rings is 2. The number of halogens is 2. The molecule has 1 heterocycles. The van der Waals surface area contributed by atoms with Crippen LogP contribution in [0.5, 0.6) is 0 Å². The van der Waals surface area contributed by atoms with Crippen LogP contribution >= 0.6 is 11.6 Å². The van der Waals surface area contributed by atoms with Gasteiger partial charge in [0.2, 0.25) is 0 Å². The van der Waals surface area contributed by atoms with Crippen molar-refractivity contribution in [2.75, 3.05) is 22.1 Å². The van der Waals surface area contributed by atoms with Crippen LogP contribution < -0.4 is 15.5 Å². The van der Waals surface area contributed by atoms with Crippen LogP contribution in [0, 0.1) is 5.82 Å². The summed E-state index contributed by atoms with van der Waals surface area (Å²) in [4.78, 5) is 14.2. The van der Waals surface area contributed by atoms with E-state index in [1.165, 1.54) is 18.2 Å². The SMILES string of the molecule is CC1CN(C(=O)Nc2ccc(F)c(Cl)c2)c2ccccc2N1. The fourth-order valence-corrected chi connectivity index (χ4v) is 2.65.